The molecule has 4 nitrogen and oxygen atoms in total. The number of nitrogens with one attached hydrogen (secondary N) is 1. The first-order valence-electron chi connectivity index (χ1n) is 8.57. The summed E-state index contributed by atoms with van der Waals surface area (Å²) >= 11 is 2.02. The Morgan fingerprint density at radius 2 is 2.00 bits per heavy atom. The molecule has 1 aromatic heterocycles. The Morgan fingerprint density at radius 3 is 2.90 bits per heavy atom. The van der Waals surface area contributed by atoms with Gasteiger partial charge in [-0.15, -0.1) is 0 Å². The molecule has 1 N–H and O–H groups in total. The lowest BCUT2D eigenvalue weighted by Crippen LogP contribution is -2.18. The van der Waals surface area contributed by atoms with E-state index in [-0.39, 0.29) is 0 Å². The fourth-order valence-electron chi connectivity index (χ4n) is 4.33. The molecule has 1 aromatic rings. The van der Waals surface area contributed by atoms with E-state index in [0.29, 0.717) is 6.04 Å². The number of thioether (sulfide) groups is 1. The van der Waals surface area contributed by atoms with E-state index >= 15 is 0 Å². The second-order valence-electron chi connectivity index (χ2n) is 6.86. The monoisotopic (exact) mass is 307 g/mol. The molecule has 116 valence electrons. The van der Waals surface area contributed by atoms with E-state index in [9.17, 15) is 0 Å². The van der Waals surface area contributed by atoms with Crippen LogP contribution in [0.25, 0.3) is 0 Å². The molecule has 3 aliphatic rings. The van der Waals surface area contributed by atoms with E-state index in [2.05, 4.69) is 15.5 Å². The number of aromatic nitrogens is 2. The van der Waals surface area contributed by atoms with Crippen LogP contribution in [-0.4, -0.2) is 21.9 Å². The fraction of sp³-hybridized carbons (Fsp3) is 0.875. The first-order chi connectivity index (χ1) is 10.4. The Bertz CT molecular complexity index is 472. The molecular formula is C16H25N3OS. The molecule has 0 spiro atoms. The molecule has 1 aliphatic heterocycles. The van der Waals surface area contributed by atoms with Gasteiger partial charge in [-0.1, -0.05) is 30.8 Å². The molecule has 0 aromatic carbocycles. The Labute approximate surface area is 130 Å². The number of nitrogens with zero attached hydrogens (tertiary/aromatic N) is 2. The van der Waals surface area contributed by atoms with Crippen molar-refractivity contribution in [2.75, 3.05) is 6.54 Å². The van der Waals surface area contributed by atoms with E-state index < -0.39 is 0 Å². The lowest BCUT2D eigenvalue weighted by molar-refractivity contribution is 0.301. The normalized spacial score (nSPS) is 33.4. The maximum Gasteiger partial charge on any atom is 0.244 e. The van der Waals surface area contributed by atoms with Crippen LogP contribution in [0, 0.1) is 11.8 Å². The van der Waals surface area contributed by atoms with E-state index in [1.807, 2.05) is 11.8 Å². The average Bonchev–Trinajstić information content (AvgIpc) is 3.22. The van der Waals surface area contributed by atoms with Gasteiger partial charge in [0.25, 0.3) is 0 Å². The van der Waals surface area contributed by atoms with Crippen LogP contribution in [0.1, 0.15) is 69.1 Å². The van der Waals surface area contributed by atoms with Gasteiger partial charge in [0.1, 0.15) is 0 Å². The summed E-state index contributed by atoms with van der Waals surface area (Å²) in [5.74, 6) is 4.20. The van der Waals surface area contributed by atoms with Gasteiger partial charge >= 0.3 is 0 Å². The molecule has 1 saturated heterocycles. The van der Waals surface area contributed by atoms with Crippen molar-refractivity contribution in [3.8, 4) is 0 Å². The summed E-state index contributed by atoms with van der Waals surface area (Å²) in [6, 6.07) is 0.318. The smallest absolute Gasteiger partial charge is 0.244 e. The van der Waals surface area contributed by atoms with Crippen LogP contribution in [-0.2, 0) is 5.75 Å². The molecule has 2 saturated carbocycles. The first kappa shape index (κ1) is 14.1. The van der Waals surface area contributed by atoms with Gasteiger partial charge in [-0.2, -0.15) is 16.7 Å². The highest BCUT2D eigenvalue weighted by molar-refractivity contribution is 7.99. The van der Waals surface area contributed by atoms with E-state index in [1.165, 1.54) is 51.4 Å². The lowest BCUT2D eigenvalue weighted by Gasteiger charge is -2.20. The van der Waals surface area contributed by atoms with Crippen LogP contribution < -0.4 is 5.32 Å². The van der Waals surface area contributed by atoms with Crippen molar-refractivity contribution in [1.29, 1.82) is 0 Å². The van der Waals surface area contributed by atoms with Crippen LogP contribution >= 0.6 is 11.8 Å². The molecule has 0 radical (unpaired) electrons. The summed E-state index contributed by atoms with van der Waals surface area (Å²) in [4.78, 5) is 4.68. The highest BCUT2D eigenvalue weighted by atomic mass is 32.2. The SMILES string of the molecule is C1CCC(SCc2noc(C3NCC4CCCC43)n2)CC1. The molecule has 3 unspecified atom stereocenters. The van der Waals surface area contributed by atoms with Crippen molar-refractivity contribution < 1.29 is 4.52 Å². The highest BCUT2D eigenvalue weighted by Crippen LogP contribution is 2.43. The summed E-state index contributed by atoms with van der Waals surface area (Å²) in [6.07, 6.45) is 11.0. The third-order valence-corrected chi connectivity index (χ3v) is 6.86. The van der Waals surface area contributed by atoms with Crippen molar-refractivity contribution in [2.45, 2.75) is 68.4 Å². The molecule has 0 bridgehead atoms. The predicted molar refractivity (Wildman–Crippen MR) is 84.0 cm³/mol. The Kier molecular flexibility index (Phi) is 4.21. The minimum absolute atomic E-state index is 0.318. The topological polar surface area (TPSA) is 51.0 Å². The zero-order valence-electron chi connectivity index (χ0n) is 12.6. The maximum absolute atomic E-state index is 5.56. The quantitative estimate of drug-likeness (QED) is 0.919. The number of fused-ring (bicyclic) bond motifs is 1. The minimum atomic E-state index is 0.318. The van der Waals surface area contributed by atoms with Gasteiger partial charge < -0.3 is 9.84 Å². The number of hydrogen-bond donors (Lipinski definition) is 1. The van der Waals surface area contributed by atoms with Gasteiger partial charge in [0.15, 0.2) is 5.82 Å². The zero-order valence-corrected chi connectivity index (χ0v) is 13.4. The van der Waals surface area contributed by atoms with Gasteiger partial charge in [0.2, 0.25) is 5.89 Å². The van der Waals surface area contributed by atoms with E-state index in [0.717, 1.165) is 41.1 Å². The maximum atomic E-state index is 5.56. The predicted octanol–water partition coefficient (Wildman–Crippen LogP) is 3.70. The summed E-state index contributed by atoms with van der Waals surface area (Å²) < 4.78 is 5.56. The van der Waals surface area contributed by atoms with Gasteiger partial charge in [-0.05, 0) is 44.1 Å². The minimum Gasteiger partial charge on any atom is -0.338 e. The second kappa shape index (κ2) is 6.29. The number of hydrogen-bond acceptors (Lipinski definition) is 5. The van der Waals surface area contributed by atoms with Crippen molar-refractivity contribution in [2.24, 2.45) is 11.8 Å². The van der Waals surface area contributed by atoms with Crippen LogP contribution in [0.3, 0.4) is 0 Å². The Balaban J connectivity index is 1.34. The molecule has 21 heavy (non-hydrogen) atoms. The average molecular weight is 307 g/mol. The van der Waals surface area contributed by atoms with Crippen LogP contribution in [0.5, 0.6) is 0 Å². The Morgan fingerprint density at radius 1 is 1.10 bits per heavy atom. The van der Waals surface area contributed by atoms with E-state index in [4.69, 9.17) is 4.52 Å². The molecule has 3 atom stereocenters. The molecular weight excluding hydrogens is 282 g/mol. The third kappa shape index (κ3) is 3.00. The number of rotatable bonds is 4. The van der Waals surface area contributed by atoms with Gasteiger partial charge in [0.05, 0.1) is 11.8 Å². The van der Waals surface area contributed by atoms with Crippen LogP contribution in [0.4, 0.5) is 0 Å². The summed E-state index contributed by atoms with van der Waals surface area (Å²) in [5, 5.41) is 8.61. The third-order valence-electron chi connectivity index (χ3n) is 5.50. The largest absolute Gasteiger partial charge is 0.338 e. The summed E-state index contributed by atoms with van der Waals surface area (Å²) in [6.45, 7) is 1.13. The van der Waals surface area contributed by atoms with Crippen molar-refractivity contribution in [3.05, 3.63) is 11.7 Å². The second-order valence-corrected chi connectivity index (χ2v) is 8.15. The molecule has 5 heteroatoms. The molecule has 3 fully saturated rings. The fourth-order valence-corrected chi connectivity index (χ4v) is 5.50. The standard InChI is InChI=1S/C16H25N3OS/c1-2-6-12(7-3-1)21-10-14-18-16(20-19-14)15-13-8-4-5-11(13)9-17-15/h11-13,15,17H,1-10H2. The Hall–Kier alpha value is -0.550. The highest BCUT2D eigenvalue weighted by Gasteiger charge is 2.42. The zero-order chi connectivity index (χ0) is 14.1. The summed E-state index contributed by atoms with van der Waals surface area (Å²) in [7, 11) is 0. The van der Waals surface area contributed by atoms with Crippen LogP contribution in [0.2, 0.25) is 0 Å². The molecule has 4 rings (SSSR count). The van der Waals surface area contributed by atoms with Crippen molar-refractivity contribution in [1.82, 2.24) is 15.5 Å². The van der Waals surface area contributed by atoms with Crippen molar-refractivity contribution in [3.63, 3.8) is 0 Å². The lowest BCUT2D eigenvalue weighted by atomic mass is 9.94. The van der Waals surface area contributed by atoms with E-state index in [1.54, 1.807) is 0 Å². The van der Waals surface area contributed by atoms with Crippen molar-refractivity contribution >= 4 is 11.8 Å². The summed E-state index contributed by atoms with van der Waals surface area (Å²) in [5.41, 5.74) is 0. The molecule has 2 aliphatic carbocycles. The van der Waals surface area contributed by atoms with Gasteiger partial charge in [0, 0.05) is 5.25 Å². The molecule has 2 heterocycles. The first-order valence-corrected chi connectivity index (χ1v) is 9.62. The molecule has 0 amide bonds. The van der Waals surface area contributed by atoms with Gasteiger partial charge in [-0.25, -0.2) is 0 Å². The van der Waals surface area contributed by atoms with Gasteiger partial charge in [-0.3, -0.25) is 0 Å². The van der Waals surface area contributed by atoms with Crippen LogP contribution in [0.15, 0.2) is 4.52 Å².